The van der Waals surface area contributed by atoms with Crippen LogP contribution in [0.5, 0.6) is 0 Å². The number of hydrogen-bond donors (Lipinski definition) is 2. The molecule has 5 heteroatoms. The molecule has 19 heavy (non-hydrogen) atoms. The third-order valence-electron chi connectivity index (χ3n) is 3.98. The van der Waals surface area contributed by atoms with E-state index in [0.29, 0.717) is 5.92 Å². The third-order valence-corrected chi connectivity index (χ3v) is 3.98. The fourth-order valence-corrected chi connectivity index (χ4v) is 2.47. The standard InChI is InChI=1S/C14H22N4O/c1-9-11(15-3)16-13(10-4-5-10)17-12(9)18-14(2)6-7-19-8-14/h10H,4-8H2,1-3H3,(H2,15,16,17,18). The second-order valence-electron chi connectivity index (χ2n) is 5.92. The molecular weight excluding hydrogens is 240 g/mol. The van der Waals surface area contributed by atoms with Crippen LogP contribution in [0.15, 0.2) is 0 Å². The van der Waals surface area contributed by atoms with Crippen LogP contribution in [-0.2, 0) is 4.74 Å². The van der Waals surface area contributed by atoms with E-state index in [-0.39, 0.29) is 5.54 Å². The summed E-state index contributed by atoms with van der Waals surface area (Å²) in [5, 5.41) is 6.74. The van der Waals surface area contributed by atoms with Crippen molar-refractivity contribution in [3.05, 3.63) is 11.4 Å². The Morgan fingerprint density at radius 2 is 2.00 bits per heavy atom. The molecule has 2 aliphatic rings. The minimum Gasteiger partial charge on any atom is -0.379 e. The zero-order valence-electron chi connectivity index (χ0n) is 11.9. The minimum atomic E-state index is -0.00898. The van der Waals surface area contributed by atoms with Crippen molar-refractivity contribution in [3.63, 3.8) is 0 Å². The Bertz CT molecular complexity index is 479. The van der Waals surface area contributed by atoms with Gasteiger partial charge in [-0.2, -0.15) is 0 Å². The van der Waals surface area contributed by atoms with Crippen LogP contribution < -0.4 is 10.6 Å². The second kappa shape index (κ2) is 4.63. The van der Waals surface area contributed by atoms with Gasteiger partial charge in [-0.3, -0.25) is 0 Å². The third kappa shape index (κ3) is 2.52. The first-order chi connectivity index (χ1) is 9.11. The van der Waals surface area contributed by atoms with Crippen LogP contribution in [-0.4, -0.2) is 35.8 Å². The SMILES string of the molecule is CNc1nc(C2CC2)nc(NC2(C)CCOC2)c1C. The van der Waals surface area contributed by atoms with Gasteiger partial charge >= 0.3 is 0 Å². The maximum absolute atomic E-state index is 5.50. The minimum absolute atomic E-state index is 0.00898. The lowest BCUT2D eigenvalue weighted by atomic mass is 10.0. The molecule has 1 atom stereocenters. The lowest BCUT2D eigenvalue weighted by Crippen LogP contribution is -2.36. The van der Waals surface area contributed by atoms with Gasteiger partial charge in [-0.15, -0.1) is 0 Å². The van der Waals surface area contributed by atoms with Crippen LogP contribution in [0.1, 0.15) is 43.5 Å². The molecule has 2 fully saturated rings. The Kier molecular flexibility index (Phi) is 3.09. The number of anilines is 2. The van der Waals surface area contributed by atoms with Crippen LogP contribution in [0, 0.1) is 6.92 Å². The Morgan fingerprint density at radius 1 is 1.26 bits per heavy atom. The van der Waals surface area contributed by atoms with Gasteiger partial charge in [-0.05, 0) is 33.1 Å². The van der Waals surface area contributed by atoms with E-state index in [9.17, 15) is 0 Å². The fourth-order valence-electron chi connectivity index (χ4n) is 2.47. The molecule has 3 rings (SSSR count). The quantitative estimate of drug-likeness (QED) is 0.872. The molecule has 0 spiro atoms. The summed E-state index contributed by atoms with van der Waals surface area (Å²) in [5.41, 5.74) is 1.07. The summed E-state index contributed by atoms with van der Waals surface area (Å²) in [6.07, 6.45) is 3.45. The number of rotatable bonds is 4. The van der Waals surface area contributed by atoms with Crippen molar-refractivity contribution in [1.82, 2.24) is 9.97 Å². The monoisotopic (exact) mass is 262 g/mol. The predicted octanol–water partition coefficient (Wildman–Crippen LogP) is 2.30. The topological polar surface area (TPSA) is 59.1 Å². The average molecular weight is 262 g/mol. The zero-order valence-corrected chi connectivity index (χ0v) is 11.9. The van der Waals surface area contributed by atoms with Crippen molar-refractivity contribution in [2.24, 2.45) is 0 Å². The molecule has 1 aliphatic carbocycles. The van der Waals surface area contributed by atoms with Gasteiger partial charge in [0.05, 0.1) is 12.1 Å². The van der Waals surface area contributed by atoms with Crippen molar-refractivity contribution in [1.29, 1.82) is 0 Å². The molecule has 1 aliphatic heterocycles. The molecule has 1 aromatic heterocycles. The Hall–Kier alpha value is -1.36. The van der Waals surface area contributed by atoms with Crippen molar-refractivity contribution in [2.75, 3.05) is 30.9 Å². The number of aromatic nitrogens is 2. The maximum atomic E-state index is 5.50. The maximum Gasteiger partial charge on any atom is 0.136 e. The van der Waals surface area contributed by atoms with E-state index < -0.39 is 0 Å². The smallest absolute Gasteiger partial charge is 0.136 e. The molecule has 0 bridgehead atoms. The summed E-state index contributed by atoms with van der Waals surface area (Å²) in [6.45, 7) is 5.81. The van der Waals surface area contributed by atoms with E-state index in [1.165, 1.54) is 12.8 Å². The van der Waals surface area contributed by atoms with Gasteiger partial charge in [0.2, 0.25) is 0 Å². The molecule has 1 saturated heterocycles. The highest BCUT2D eigenvalue weighted by Gasteiger charge is 2.32. The Morgan fingerprint density at radius 3 is 2.58 bits per heavy atom. The molecule has 2 N–H and O–H groups in total. The van der Waals surface area contributed by atoms with Crippen molar-refractivity contribution in [3.8, 4) is 0 Å². The van der Waals surface area contributed by atoms with E-state index in [0.717, 1.165) is 42.7 Å². The summed E-state index contributed by atoms with van der Waals surface area (Å²) in [7, 11) is 1.91. The summed E-state index contributed by atoms with van der Waals surface area (Å²) in [4.78, 5) is 9.35. The zero-order chi connectivity index (χ0) is 13.5. The van der Waals surface area contributed by atoms with Gasteiger partial charge in [0, 0.05) is 25.1 Å². The molecule has 1 saturated carbocycles. The van der Waals surface area contributed by atoms with Crippen molar-refractivity contribution in [2.45, 2.75) is 44.6 Å². The molecule has 104 valence electrons. The van der Waals surface area contributed by atoms with Crippen molar-refractivity contribution >= 4 is 11.6 Å². The molecule has 1 aromatic rings. The highest BCUT2D eigenvalue weighted by Crippen LogP contribution is 2.40. The highest BCUT2D eigenvalue weighted by atomic mass is 16.5. The number of hydrogen-bond acceptors (Lipinski definition) is 5. The van der Waals surface area contributed by atoms with Gasteiger partial charge in [-0.1, -0.05) is 0 Å². The van der Waals surface area contributed by atoms with Crippen molar-refractivity contribution < 1.29 is 4.74 Å². The Balaban J connectivity index is 1.92. The first-order valence-electron chi connectivity index (χ1n) is 7.03. The first-order valence-corrected chi connectivity index (χ1v) is 7.03. The Labute approximate surface area is 114 Å². The second-order valence-corrected chi connectivity index (χ2v) is 5.92. The van der Waals surface area contributed by atoms with Crippen LogP contribution in [0.2, 0.25) is 0 Å². The molecule has 0 aromatic carbocycles. The normalized spacial score (nSPS) is 26.5. The summed E-state index contributed by atoms with van der Waals surface area (Å²) < 4.78 is 5.50. The van der Waals surface area contributed by atoms with E-state index in [1.54, 1.807) is 0 Å². The molecular formula is C14H22N4O. The lowest BCUT2D eigenvalue weighted by Gasteiger charge is -2.26. The number of ether oxygens (including phenoxy) is 1. The van der Waals surface area contributed by atoms with Crippen LogP contribution in [0.25, 0.3) is 0 Å². The van der Waals surface area contributed by atoms with E-state index in [1.807, 2.05) is 7.05 Å². The molecule has 0 radical (unpaired) electrons. The predicted molar refractivity (Wildman–Crippen MR) is 75.8 cm³/mol. The van der Waals surface area contributed by atoms with Gasteiger partial charge in [-0.25, -0.2) is 9.97 Å². The lowest BCUT2D eigenvalue weighted by molar-refractivity contribution is 0.185. The summed E-state index contributed by atoms with van der Waals surface area (Å²) in [5.74, 6) is 3.41. The number of nitrogens with zero attached hydrogens (tertiary/aromatic N) is 2. The van der Waals surface area contributed by atoms with E-state index in [2.05, 4.69) is 29.5 Å². The van der Waals surface area contributed by atoms with Gasteiger partial charge in [0.1, 0.15) is 17.5 Å². The van der Waals surface area contributed by atoms with Gasteiger partial charge < -0.3 is 15.4 Å². The first kappa shape index (κ1) is 12.7. The van der Waals surface area contributed by atoms with Crippen LogP contribution >= 0.6 is 0 Å². The number of nitrogens with one attached hydrogen (secondary N) is 2. The largest absolute Gasteiger partial charge is 0.379 e. The van der Waals surface area contributed by atoms with Crippen LogP contribution in [0.4, 0.5) is 11.6 Å². The van der Waals surface area contributed by atoms with Crippen LogP contribution in [0.3, 0.4) is 0 Å². The fraction of sp³-hybridized carbons (Fsp3) is 0.714. The molecule has 2 heterocycles. The molecule has 0 amide bonds. The average Bonchev–Trinajstić information content (AvgIpc) is 3.15. The van der Waals surface area contributed by atoms with E-state index in [4.69, 9.17) is 9.72 Å². The molecule has 5 nitrogen and oxygen atoms in total. The van der Waals surface area contributed by atoms with Gasteiger partial charge in [0.15, 0.2) is 0 Å². The van der Waals surface area contributed by atoms with E-state index >= 15 is 0 Å². The van der Waals surface area contributed by atoms with Gasteiger partial charge in [0.25, 0.3) is 0 Å². The molecule has 1 unspecified atom stereocenters. The summed E-state index contributed by atoms with van der Waals surface area (Å²) in [6, 6.07) is 0. The summed E-state index contributed by atoms with van der Waals surface area (Å²) >= 11 is 0. The highest BCUT2D eigenvalue weighted by molar-refractivity contribution is 5.58.